The molecule has 0 amide bonds. The van der Waals surface area contributed by atoms with Crippen molar-refractivity contribution in [1.29, 1.82) is 0 Å². The van der Waals surface area contributed by atoms with Crippen molar-refractivity contribution in [3.05, 3.63) is 40.6 Å². The van der Waals surface area contributed by atoms with Crippen LogP contribution in [-0.2, 0) is 7.05 Å². The van der Waals surface area contributed by atoms with E-state index in [0.717, 1.165) is 5.82 Å². The molecular formula is C13H17N3S2. The second-order valence-corrected chi connectivity index (χ2v) is 6.70. The monoisotopic (exact) mass is 279 g/mol. The van der Waals surface area contributed by atoms with Crippen LogP contribution in [0.1, 0.15) is 23.2 Å². The third kappa shape index (κ3) is 2.48. The van der Waals surface area contributed by atoms with E-state index in [9.17, 15) is 0 Å². The Morgan fingerprint density at radius 1 is 1.56 bits per heavy atom. The Morgan fingerprint density at radius 3 is 3.11 bits per heavy atom. The van der Waals surface area contributed by atoms with Gasteiger partial charge in [-0.15, -0.1) is 11.3 Å². The third-order valence-electron chi connectivity index (χ3n) is 3.28. The molecule has 1 aliphatic heterocycles. The highest BCUT2D eigenvalue weighted by molar-refractivity contribution is 7.99. The Bertz CT molecular complexity index is 486. The van der Waals surface area contributed by atoms with Crippen molar-refractivity contribution in [2.45, 2.75) is 18.5 Å². The summed E-state index contributed by atoms with van der Waals surface area (Å²) in [5.41, 5.74) is 0. The maximum absolute atomic E-state index is 4.51. The van der Waals surface area contributed by atoms with Gasteiger partial charge in [-0.3, -0.25) is 5.32 Å². The van der Waals surface area contributed by atoms with E-state index in [1.54, 1.807) is 11.3 Å². The molecule has 1 N–H and O–H groups in total. The Kier molecular flexibility index (Phi) is 3.72. The minimum Gasteiger partial charge on any atom is -0.336 e. The van der Waals surface area contributed by atoms with Gasteiger partial charge < -0.3 is 4.57 Å². The summed E-state index contributed by atoms with van der Waals surface area (Å²) in [7, 11) is 2.06. The van der Waals surface area contributed by atoms with Crippen LogP contribution in [0.15, 0.2) is 29.9 Å². The quantitative estimate of drug-likeness (QED) is 0.933. The van der Waals surface area contributed by atoms with Crippen molar-refractivity contribution >= 4 is 23.1 Å². The molecule has 5 heteroatoms. The molecule has 2 atom stereocenters. The molecular weight excluding hydrogens is 262 g/mol. The molecule has 2 aromatic rings. The smallest absolute Gasteiger partial charge is 0.131 e. The molecule has 0 radical (unpaired) electrons. The molecule has 0 saturated carbocycles. The fourth-order valence-electron chi connectivity index (χ4n) is 2.30. The molecule has 3 rings (SSSR count). The maximum Gasteiger partial charge on any atom is 0.131 e. The first kappa shape index (κ1) is 12.3. The number of nitrogens with one attached hydrogen (secondary N) is 1. The number of thioether (sulfide) groups is 1. The lowest BCUT2D eigenvalue weighted by molar-refractivity contribution is 0.486. The summed E-state index contributed by atoms with van der Waals surface area (Å²) in [6, 6.07) is 5.15. The zero-order valence-electron chi connectivity index (χ0n) is 10.4. The van der Waals surface area contributed by atoms with E-state index in [4.69, 9.17) is 0 Å². The van der Waals surface area contributed by atoms with Crippen molar-refractivity contribution in [3.8, 4) is 0 Å². The highest BCUT2D eigenvalue weighted by Crippen LogP contribution is 2.27. The summed E-state index contributed by atoms with van der Waals surface area (Å²) < 4.78 is 2.11. The number of thiophene rings is 1. The number of imidazole rings is 1. The first-order valence-electron chi connectivity index (χ1n) is 6.19. The standard InChI is InChI=1S/C13H17N3S2/c1-16-6-5-14-13(16)12(11-3-2-7-18-11)15-10-4-8-17-9-10/h2-3,5-7,10,12,15H,4,8-9H2,1H3. The fourth-order valence-corrected chi connectivity index (χ4v) is 4.24. The summed E-state index contributed by atoms with van der Waals surface area (Å²) in [5, 5.41) is 5.90. The highest BCUT2D eigenvalue weighted by atomic mass is 32.2. The van der Waals surface area contributed by atoms with Crippen LogP contribution in [0.2, 0.25) is 0 Å². The zero-order chi connectivity index (χ0) is 12.4. The number of rotatable bonds is 4. The van der Waals surface area contributed by atoms with E-state index in [2.05, 4.69) is 39.4 Å². The van der Waals surface area contributed by atoms with Crippen LogP contribution in [0.5, 0.6) is 0 Å². The second kappa shape index (κ2) is 5.47. The molecule has 0 bridgehead atoms. The fraction of sp³-hybridized carbons (Fsp3) is 0.462. The average molecular weight is 279 g/mol. The molecule has 2 unspecified atom stereocenters. The lowest BCUT2D eigenvalue weighted by Crippen LogP contribution is -2.34. The first-order chi connectivity index (χ1) is 8.84. The predicted molar refractivity (Wildman–Crippen MR) is 78.2 cm³/mol. The number of aryl methyl sites for hydroxylation is 1. The molecule has 1 fully saturated rings. The molecule has 1 saturated heterocycles. The summed E-state index contributed by atoms with van der Waals surface area (Å²) in [5.74, 6) is 3.59. The maximum atomic E-state index is 4.51. The Balaban J connectivity index is 1.86. The second-order valence-electron chi connectivity index (χ2n) is 4.57. The van der Waals surface area contributed by atoms with Crippen LogP contribution in [0, 0.1) is 0 Å². The van der Waals surface area contributed by atoms with Crippen molar-refractivity contribution < 1.29 is 0 Å². The molecule has 3 heterocycles. The van der Waals surface area contributed by atoms with Crippen molar-refractivity contribution in [2.75, 3.05) is 11.5 Å². The van der Waals surface area contributed by atoms with Gasteiger partial charge in [0.25, 0.3) is 0 Å². The molecule has 0 aromatic carbocycles. The molecule has 18 heavy (non-hydrogen) atoms. The van der Waals surface area contributed by atoms with E-state index >= 15 is 0 Å². The molecule has 96 valence electrons. The Labute approximate surface area is 116 Å². The van der Waals surface area contributed by atoms with Crippen LogP contribution in [0.25, 0.3) is 0 Å². The van der Waals surface area contributed by atoms with Crippen LogP contribution in [-0.4, -0.2) is 27.1 Å². The van der Waals surface area contributed by atoms with Crippen molar-refractivity contribution in [2.24, 2.45) is 7.05 Å². The number of hydrogen-bond acceptors (Lipinski definition) is 4. The summed E-state index contributed by atoms with van der Waals surface area (Å²) in [6.45, 7) is 0. The van der Waals surface area contributed by atoms with Gasteiger partial charge in [-0.1, -0.05) is 6.07 Å². The largest absolute Gasteiger partial charge is 0.336 e. The van der Waals surface area contributed by atoms with Gasteiger partial charge in [0.15, 0.2) is 0 Å². The molecule has 3 nitrogen and oxygen atoms in total. The van der Waals surface area contributed by atoms with Gasteiger partial charge in [0.1, 0.15) is 11.9 Å². The van der Waals surface area contributed by atoms with Crippen LogP contribution in [0.4, 0.5) is 0 Å². The third-order valence-corrected chi connectivity index (χ3v) is 5.38. The summed E-state index contributed by atoms with van der Waals surface area (Å²) >= 11 is 3.84. The number of aromatic nitrogens is 2. The summed E-state index contributed by atoms with van der Waals surface area (Å²) in [4.78, 5) is 5.86. The van der Waals surface area contributed by atoms with Crippen LogP contribution < -0.4 is 5.32 Å². The topological polar surface area (TPSA) is 29.9 Å². The van der Waals surface area contributed by atoms with E-state index < -0.39 is 0 Å². The van der Waals surface area contributed by atoms with E-state index in [0.29, 0.717) is 6.04 Å². The minimum atomic E-state index is 0.230. The lowest BCUT2D eigenvalue weighted by Gasteiger charge is -2.21. The van der Waals surface area contributed by atoms with Crippen LogP contribution >= 0.6 is 23.1 Å². The van der Waals surface area contributed by atoms with Gasteiger partial charge in [-0.05, 0) is 23.6 Å². The molecule has 0 spiro atoms. The predicted octanol–water partition coefficient (Wildman–Crippen LogP) is 2.67. The Hall–Kier alpha value is -0.780. The normalized spacial score (nSPS) is 21.3. The lowest BCUT2D eigenvalue weighted by atomic mass is 10.1. The Morgan fingerprint density at radius 2 is 2.50 bits per heavy atom. The van der Waals surface area contributed by atoms with Crippen molar-refractivity contribution in [3.63, 3.8) is 0 Å². The van der Waals surface area contributed by atoms with Gasteiger partial charge in [0, 0.05) is 36.1 Å². The van der Waals surface area contributed by atoms with E-state index in [1.807, 2.05) is 24.2 Å². The van der Waals surface area contributed by atoms with E-state index in [1.165, 1.54) is 22.8 Å². The number of hydrogen-bond donors (Lipinski definition) is 1. The van der Waals surface area contributed by atoms with Gasteiger partial charge in [0.05, 0.1) is 0 Å². The SMILES string of the molecule is Cn1ccnc1C(NC1CCSC1)c1cccs1. The zero-order valence-corrected chi connectivity index (χ0v) is 12.0. The molecule has 1 aliphatic rings. The van der Waals surface area contributed by atoms with Gasteiger partial charge in [0.2, 0.25) is 0 Å². The van der Waals surface area contributed by atoms with Gasteiger partial charge in [-0.25, -0.2) is 4.98 Å². The van der Waals surface area contributed by atoms with Crippen LogP contribution in [0.3, 0.4) is 0 Å². The molecule has 0 aliphatic carbocycles. The number of nitrogens with zero attached hydrogens (tertiary/aromatic N) is 2. The highest BCUT2D eigenvalue weighted by Gasteiger charge is 2.24. The average Bonchev–Trinajstić information content (AvgIpc) is 3.09. The first-order valence-corrected chi connectivity index (χ1v) is 8.22. The van der Waals surface area contributed by atoms with E-state index in [-0.39, 0.29) is 6.04 Å². The molecule has 2 aromatic heterocycles. The van der Waals surface area contributed by atoms with Gasteiger partial charge in [-0.2, -0.15) is 11.8 Å². The van der Waals surface area contributed by atoms with Crippen molar-refractivity contribution in [1.82, 2.24) is 14.9 Å². The minimum absolute atomic E-state index is 0.230. The summed E-state index contributed by atoms with van der Waals surface area (Å²) in [6.07, 6.45) is 5.15. The van der Waals surface area contributed by atoms with Gasteiger partial charge >= 0.3 is 0 Å².